The van der Waals surface area contributed by atoms with Gasteiger partial charge in [-0.25, -0.2) is 9.97 Å². The van der Waals surface area contributed by atoms with E-state index in [4.69, 9.17) is 10.00 Å². The first-order valence-electron chi connectivity index (χ1n) is 7.26. The third kappa shape index (κ3) is 3.53. The number of aromatic nitrogens is 2. The van der Waals surface area contributed by atoms with Crippen LogP contribution in [0.1, 0.15) is 5.56 Å². The fourth-order valence-electron chi connectivity index (χ4n) is 2.20. The molecule has 2 aromatic carbocycles. The summed E-state index contributed by atoms with van der Waals surface area (Å²) in [6.07, 6.45) is 1.76. The molecule has 112 valence electrons. The highest BCUT2D eigenvalue weighted by molar-refractivity contribution is 5.63. The molecule has 3 rings (SSSR count). The van der Waals surface area contributed by atoms with Crippen molar-refractivity contribution in [2.24, 2.45) is 0 Å². The van der Waals surface area contributed by atoms with Gasteiger partial charge in [0.2, 0.25) is 0 Å². The van der Waals surface area contributed by atoms with Crippen LogP contribution in [-0.4, -0.2) is 16.6 Å². The number of rotatable bonds is 4. The second kappa shape index (κ2) is 6.71. The third-order valence-electron chi connectivity index (χ3n) is 3.42. The molecule has 0 bridgehead atoms. The van der Waals surface area contributed by atoms with Gasteiger partial charge >= 0.3 is 0 Å². The third-order valence-corrected chi connectivity index (χ3v) is 3.42. The molecule has 0 aliphatic heterocycles. The van der Waals surface area contributed by atoms with E-state index in [0.717, 1.165) is 16.8 Å². The van der Waals surface area contributed by atoms with Gasteiger partial charge in [0.15, 0.2) is 12.4 Å². The lowest BCUT2D eigenvalue weighted by molar-refractivity contribution is 0.368. The van der Waals surface area contributed by atoms with Gasteiger partial charge in [-0.1, -0.05) is 29.8 Å². The molecular weight excluding hydrogens is 286 g/mol. The Balaban J connectivity index is 1.87. The van der Waals surface area contributed by atoms with Crippen molar-refractivity contribution in [2.45, 2.75) is 6.92 Å². The fraction of sp³-hybridized carbons (Fsp3) is 0.105. The van der Waals surface area contributed by atoms with E-state index in [1.807, 2.05) is 36.4 Å². The quantitative estimate of drug-likeness (QED) is 0.730. The van der Waals surface area contributed by atoms with Crippen LogP contribution in [0.3, 0.4) is 0 Å². The Morgan fingerprint density at radius 2 is 1.65 bits per heavy atom. The topological polar surface area (TPSA) is 58.8 Å². The molecule has 0 saturated heterocycles. The van der Waals surface area contributed by atoms with E-state index in [1.165, 1.54) is 5.56 Å². The van der Waals surface area contributed by atoms with Crippen molar-refractivity contribution in [3.05, 3.63) is 66.4 Å². The second-order valence-corrected chi connectivity index (χ2v) is 5.10. The summed E-state index contributed by atoms with van der Waals surface area (Å²) in [4.78, 5) is 8.97. The maximum atomic E-state index is 8.52. The van der Waals surface area contributed by atoms with Gasteiger partial charge in [-0.2, -0.15) is 5.26 Å². The average Bonchev–Trinajstić information content (AvgIpc) is 2.61. The molecule has 0 unspecified atom stereocenters. The fourth-order valence-corrected chi connectivity index (χ4v) is 2.20. The Bertz CT molecular complexity index is 834. The van der Waals surface area contributed by atoms with Crippen LogP contribution in [0, 0.1) is 18.3 Å². The predicted octanol–water partition coefficient (Wildman–Crippen LogP) is 4.02. The Morgan fingerprint density at radius 3 is 2.35 bits per heavy atom. The van der Waals surface area contributed by atoms with Gasteiger partial charge in [0.25, 0.3) is 0 Å². The molecule has 0 N–H and O–H groups in total. The van der Waals surface area contributed by atoms with E-state index >= 15 is 0 Å². The van der Waals surface area contributed by atoms with Crippen molar-refractivity contribution in [3.63, 3.8) is 0 Å². The molecule has 0 atom stereocenters. The molecule has 0 amide bonds. The smallest absolute Gasteiger partial charge is 0.174 e. The Kier molecular flexibility index (Phi) is 4.30. The summed E-state index contributed by atoms with van der Waals surface area (Å²) in [5.41, 5.74) is 4.08. The van der Waals surface area contributed by atoms with E-state index in [9.17, 15) is 0 Å². The van der Waals surface area contributed by atoms with E-state index in [0.29, 0.717) is 11.6 Å². The molecule has 0 spiro atoms. The highest BCUT2D eigenvalue weighted by Crippen LogP contribution is 2.23. The highest BCUT2D eigenvalue weighted by Gasteiger charge is 2.05. The van der Waals surface area contributed by atoms with Crippen molar-refractivity contribution in [1.29, 1.82) is 5.26 Å². The molecule has 4 heteroatoms. The summed E-state index contributed by atoms with van der Waals surface area (Å²) in [6.45, 7) is 2.10. The van der Waals surface area contributed by atoms with Gasteiger partial charge in [-0.3, -0.25) is 0 Å². The lowest BCUT2D eigenvalue weighted by Gasteiger charge is -2.06. The summed E-state index contributed by atoms with van der Waals surface area (Å²) < 4.78 is 5.25. The van der Waals surface area contributed by atoms with E-state index in [-0.39, 0.29) is 6.61 Å². The number of nitriles is 1. The largest absolute Gasteiger partial charge is 0.479 e. The van der Waals surface area contributed by atoms with Crippen LogP contribution < -0.4 is 4.74 Å². The molecule has 0 fully saturated rings. The van der Waals surface area contributed by atoms with Crippen molar-refractivity contribution < 1.29 is 4.74 Å². The normalized spacial score (nSPS) is 10.1. The standard InChI is InChI=1S/C19H15N3O/c1-14-2-4-15(5-3-14)18-10-12-21-19(22-18)16-6-8-17(9-7-16)23-13-11-20/h2-10,12H,13H2,1H3. The molecule has 0 aliphatic carbocycles. The van der Waals surface area contributed by atoms with Gasteiger partial charge < -0.3 is 4.74 Å². The Hall–Kier alpha value is -3.19. The van der Waals surface area contributed by atoms with Crippen LogP contribution in [0.25, 0.3) is 22.6 Å². The number of benzene rings is 2. The SMILES string of the molecule is Cc1ccc(-c2ccnc(-c3ccc(OCC#N)cc3)n2)cc1. The lowest BCUT2D eigenvalue weighted by atomic mass is 10.1. The number of hydrogen-bond acceptors (Lipinski definition) is 4. The van der Waals surface area contributed by atoms with E-state index < -0.39 is 0 Å². The molecule has 1 heterocycles. The molecular formula is C19H15N3O. The number of nitrogens with zero attached hydrogens (tertiary/aromatic N) is 3. The van der Waals surface area contributed by atoms with E-state index in [1.54, 1.807) is 6.20 Å². The molecule has 0 aliphatic rings. The van der Waals surface area contributed by atoms with Gasteiger partial charge in [0.05, 0.1) is 5.69 Å². The first-order valence-corrected chi connectivity index (χ1v) is 7.26. The lowest BCUT2D eigenvalue weighted by Crippen LogP contribution is -1.94. The monoisotopic (exact) mass is 301 g/mol. The van der Waals surface area contributed by atoms with Gasteiger partial charge in [0, 0.05) is 17.3 Å². The Morgan fingerprint density at radius 1 is 0.957 bits per heavy atom. The molecule has 4 nitrogen and oxygen atoms in total. The summed E-state index contributed by atoms with van der Waals surface area (Å²) in [6, 6.07) is 19.5. The van der Waals surface area contributed by atoms with Crippen molar-refractivity contribution >= 4 is 0 Å². The summed E-state index contributed by atoms with van der Waals surface area (Å²) >= 11 is 0. The van der Waals surface area contributed by atoms with Crippen LogP contribution in [-0.2, 0) is 0 Å². The minimum absolute atomic E-state index is 0.0404. The maximum absolute atomic E-state index is 8.52. The van der Waals surface area contributed by atoms with Crippen molar-refractivity contribution in [2.75, 3.05) is 6.61 Å². The predicted molar refractivity (Wildman–Crippen MR) is 88.7 cm³/mol. The number of ether oxygens (including phenoxy) is 1. The summed E-state index contributed by atoms with van der Waals surface area (Å²) in [7, 11) is 0. The van der Waals surface area contributed by atoms with Gasteiger partial charge in [-0.05, 0) is 37.3 Å². The minimum Gasteiger partial charge on any atom is -0.479 e. The molecule has 3 aromatic rings. The van der Waals surface area contributed by atoms with Crippen LogP contribution in [0.5, 0.6) is 5.75 Å². The molecule has 0 radical (unpaired) electrons. The highest BCUT2D eigenvalue weighted by atomic mass is 16.5. The number of hydrogen-bond donors (Lipinski definition) is 0. The minimum atomic E-state index is 0.0404. The first-order chi connectivity index (χ1) is 11.3. The van der Waals surface area contributed by atoms with Gasteiger partial charge in [0.1, 0.15) is 11.8 Å². The van der Waals surface area contributed by atoms with Crippen LogP contribution in [0.15, 0.2) is 60.8 Å². The molecule has 0 saturated carbocycles. The van der Waals surface area contributed by atoms with Crippen molar-refractivity contribution in [1.82, 2.24) is 9.97 Å². The number of aryl methyl sites for hydroxylation is 1. The zero-order chi connectivity index (χ0) is 16.1. The van der Waals surface area contributed by atoms with Gasteiger partial charge in [-0.15, -0.1) is 0 Å². The first kappa shape index (κ1) is 14.7. The summed E-state index contributed by atoms with van der Waals surface area (Å²) in [5, 5.41) is 8.52. The van der Waals surface area contributed by atoms with E-state index in [2.05, 4.69) is 41.2 Å². The summed E-state index contributed by atoms with van der Waals surface area (Å²) in [5.74, 6) is 1.32. The maximum Gasteiger partial charge on any atom is 0.174 e. The average molecular weight is 301 g/mol. The van der Waals surface area contributed by atoms with Crippen LogP contribution in [0.2, 0.25) is 0 Å². The second-order valence-electron chi connectivity index (χ2n) is 5.10. The molecule has 1 aromatic heterocycles. The van der Waals surface area contributed by atoms with Crippen LogP contribution >= 0.6 is 0 Å². The van der Waals surface area contributed by atoms with Crippen LogP contribution in [0.4, 0.5) is 0 Å². The molecule has 23 heavy (non-hydrogen) atoms. The van der Waals surface area contributed by atoms with Crippen molar-refractivity contribution in [3.8, 4) is 34.5 Å². The zero-order valence-electron chi connectivity index (χ0n) is 12.7. The Labute approximate surface area is 135 Å². The zero-order valence-corrected chi connectivity index (χ0v) is 12.7.